The van der Waals surface area contributed by atoms with Gasteiger partial charge in [-0.25, -0.2) is 4.79 Å². The SMILES string of the molecule is O=C(NC1CCN(CC(F)(F)F)C1=O)N1CCN(C(=O)c2ccccn2)CC1. The van der Waals surface area contributed by atoms with Gasteiger partial charge in [0.15, 0.2) is 0 Å². The van der Waals surface area contributed by atoms with Crippen molar-refractivity contribution < 1.29 is 27.6 Å². The fraction of sp³-hybridized carbons (Fsp3) is 0.529. The number of alkyl halides is 3. The van der Waals surface area contributed by atoms with E-state index >= 15 is 0 Å². The van der Waals surface area contributed by atoms with Gasteiger partial charge in [0.1, 0.15) is 18.3 Å². The van der Waals surface area contributed by atoms with Crippen LogP contribution in [0, 0.1) is 0 Å². The molecule has 2 fully saturated rings. The van der Waals surface area contributed by atoms with Crippen LogP contribution in [0.5, 0.6) is 0 Å². The highest BCUT2D eigenvalue weighted by Crippen LogP contribution is 2.21. The van der Waals surface area contributed by atoms with Gasteiger partial charge in [-0.1, -0.05) is 6.07 Å². The van der Waals surface area contributed by atoms with E-state index in [0.29, 0.717) is 23.7 Å². The molecule has 11 heteroatoms. The van der Waals surface area contributed by atoms with Crippen LogP contribution in [0.4, 0.5) is 18.0 Å². The summed E-state index contributed by atoms with van der Waals surface area (Å²) in [4.78, 5) is 44.5. The molecule has 0 spiro atoms. The first kappa shape index (κ1) is 19.9. The van der Waals surface area contributed by atoms with Gasteiger partial charge in [0.25, 0.3) is 5.91 Å². The van der Waals surface area contributed by atoms with Gasteiger partial charge in [0.05, 0.1) is 0 Å². The average Bonchev–Trinajstić information content (AvgIpc) is 3.00. The molecule has 2 aliphatic heterocycles. The van der Waals surface area contributed by atoms with Gasteiger partial charge in [0.2, 0.25) is 5.91 Å². The van der Waals surface area contributed by atoms with E-state index in [1.54, 1.807) is 23.1 Å². The molecule has 1 N–H and O–H groups in total. The van der Waals surface area contributed by atoms with Crippen LogP contribution in [0.3, 0.4) is 0 Å². The lowest BCUT2D eigenvalue weighted by Gasteiger charge is -2.35. The number of hydrogen-bond acceptors (Lipinski definition) is 4. The average molecular weight is 399 g/mol. The summed E-state index contributed by atoms with van der Waals surface area (Å²) in [6.07, 6.45) is -2.80. The molecule has 4 amide bonds. The second-order valence-corrected chi connectivity index (χ2v) is 6.66. The molecular formula is C17H20F3N5O3. The van der Waals surface area contributed by atoms with Crippen LogP contribution in [0.2, 0.25) is 0 Å². The quantitative estimate of drug-likeness (QED) is 0.811. The van der Waals surface area contributed by atoms with E-state index in [1.165, 1.54) is 11.1 Å². The fourth-order valence-electron chi connectivity index (χ4n) is 3.25. The van der Waals surface area contributed by atoms with E-state index in [4.69, 9.17) is 0 Å². The van der Waals surface area contributed by atoms with E-state index in [-0.39, 0.29) is 32.0 Å². The maximum atomic E-state index is 12.5. The van der Waals surface area contributed by atoms with E-state index in [0.717, 1.165) is 0 Å². The molecule has 0 aromatic carbocycles. The maximum Gasteiger partial charge on any atom is 0.406 e. The molecule has 0 aliphatic carbocycles. The number of nitrogens with one attached hydrogen (secondary N) is 1. The number of aromatic nitrogens is 1. The second-order valence-electron chi connectivity index (χ2n) is 6.66. The number of piperazine rings is 1. The molecule has 3 rings (SSSR count). The number of carbonyl (C=O) groups excluding carboxylic acids is 3. The van der Waals surface area contributed by atoms with E-state index in [2.05, 4.69) is 10.3 Å². The number of hydrogen-bond donors (Lipinski definition) is 1. The minimum Gasteiger partial charge on any atom is -0.334 e. The monoisotopic (exact) mass is 399 g/mol. The number of amides is 4. The zero-order chi connectivity index (χ0) is 20.3. The summed E-state index contributed by atoms with van der Waals surface area (Å²) in [5, 5.41) is 2.50. The minimum absolute atomic E-state index is 0.0460. The summed E-state index contributed by atoms with van der Waals surface area (Å²) in [7, 11) is 0. The lowest BCUT2D eigenvalue weighted by Crippen LogP contribution is -2.55. The summed E-state index contributed by atoms with van der Waals surface area (Å²) in [5.41, 5.74) is 0.321. The molecular weight excluding hydrogens is 379 g/mol. The van der Waals surface area contributed by atoms with Crippen molar-refractivity contribution in [1.82, 2.24) is 25.0 Å². The van der Waals surface area contributed by atoms with Gasteiger partial charge in [-0.3, -0.25) is 14.6 Å². The molecule has 1 atom stereocenters. The normalized spacial score (nSPS) is 20.5. The number of pyridine rings is 1. The molecule has 1 aromatic rings. The van der Waals surface area contributed by atoms with Crippen LogP contribution in [0.1, 0.15) is 16.9 Å². The first-order chi connectivity index (χ1) is 13.2. The van der Waals surface area contributed by atoms with Crippen molar-refractivity contribution in [2.75, 3.05) is 39.3 Å². The standard InChI is InChI=1S/C17H20F3N5O3/c18-17(19,20)11-25-6-4-13(15(25)27)22-16(28)24-9-7-23(8-10-24)14(26)12-3-1-2-5-21-12/h1-3,5,13H,4,6-11H2,(H,22,28). The van der Waals surface area contributed by atoms with Crippen LogP contribution < -0.4 is 5.32 Å². The molecule has 28 heavy (non-hydrogen) atoms. The van der Waals surface area contributed by atoms with Crippen molar-refractivity contribution in [2.24, 2.45) is 0 Å². The van der Waals surface area contributed by atoms with Gasteiger partial charge < -0.3 is 20.0 Å². The van der Waals surface area contributed by atoms with Gasteiger partial charge in [-0.15, -0.1) is 0 Å². The topological polar surface area (TPSA) is 85.9 Å². The Morgan fingerprint density at radius 1 is 1.11 bits per heavy atom. The number of halogens is 3. The Bertz CT molecular complexity index is 735. The first-order valence-electron chi connectivity index (χ1n) is 8.86. The number of nitrogens with zero attached hydrogens (tertiary/aromatic N) is 4. The highest BCUT2D eigenvalue weighted by atomic mass is 19.4. The minimum atomic E-state index is -4.47. The maximum absolute atomic E-state index is 12.5. The molecule has 8 nitrogen and oxygen atoms in total. The Kier molecular flexibility index (Phi) is 5.71. The summed E-state index contributed by atoms with van der Waals surface area (Å²) in [5.74, 6) is -0.955. The molecule has 1 aromatic heterocycles. The van der Waals surface area contributed by atoms with E-state index < -0.39 is 30.7 Å². The smallest absolute Gasteiger partial charge is 0.334 e. The van der Waals surface area contributed by atoms with Crippen LogP contribution in [0.25, 0.3) is 0 Å². The zero-order valence-electron chi connectivity index (χ0n) is 15.0. The Labute approximate surface area is 159 Å². The molecule has 0 saturated carbocycles. The fourth-order valence-corrected chi connectivity index (χ4v) is 3.25. The molecule has 2 aliphatic rings. The van der Waals surface area contributed by atoms with Gasteiger partial charge in [-0.2, -0.15) is 13.2 Å². The number of likely N-dealkylation sites (tertiary alicyclic amines) is 1. The summed E-state index contributed by atoms with van der Waals surface area (Å²) in [6.45, 7) is -0.222. The predicted molar refractivity (Wildman–Crippen MR) is 91.3 cm³/mol. The number of carbonyl (C=O) groups is 3. The van der Waals surface area contributed by atoms with Crippen LogP contribution >= 0.6 is 0 Å². The number of urea groups is 1. The predicted octanol–water partition coefficient (Wildman–Crippen LogP) is 0.712. The van der Waals surface area contributed by atoms with Gasteiger partial charge in [-0.05, 0) is 18.6 Å². The van der Waals surface area contributed by atoms with E-state index in [1.807, 2.05) is 0 Å². The summed E-state index contributed by atoms with van der Waals surface area (Å²) < 4.78 is 37.4. The van der Waals surface area contributed by atoms with Crippen molar-refractivity contribution in [2.45, 2.75) is 18.6 Å². The van der Waals surface area contributed by atoms with Gasteiger partial charge >= 0.3 is 12.2 Å². The Morgan fingerprint density at radius 3 is 2.39 bits per heavy atom. The van der Waals surface area contributed by atoms with Crippen LogP contribution in [-0.4, -0.2) is 89.0 Å². The third kappa shape index (κ3) is 4.70. The van der Waals surface area contributed by atoms with E-state index in [9.17, 15) is 27.6 Å². The molecule has 2 saturated heterocycles. The second kappa shape index (κ2) is 8.03. The van der Waals surface area contributed by atoms with Crippen molar-refractivity contribution in [3.8, 4) is 0 Å². The van der Waals surface area contributed by atoms with Crippen molar-refractivity contribution in [3.05, 3.63) is 30.1 Å². The largest absolute Gasteiger partial charge is 0.406 e. The highest BCUT2D eigenvalue weighted by Gasteiger charge is 2.40. The van der Waals surface area contributed by atoms with Crippen LogP contribution in [0.15, 0.2) is 24.4 Å². The highest BCUT2D eigenvalue weighted by molar-refractivity contribution is 5.92. The van der Waals surface area contributed by atoms with Gasteiger partial charge in [0, 0.05) is 38.9 Å². The summed E-state index contributed by atoms with van der Waals surface area (Å²) in [6, 6.07) is 3.56. The lowest BCUT2D eigenvalue weighted by atomic mass is 10.2. The molecule has 0 bridgehead atoms. The van der Waals surface area contributed by atoms with Crippen molar-refractivity contribution >= 4 is 17.8 Å². The zero-order valence-corrected chi connectivity index (χ0v) is 15.0. The van der Waals surface area contributed by atoms with Crippen molar-refractivity contribution in [3.63, 3.8) is 0 Å². The molecule has 3 heterocycles. The third-order valence-corrected chi connectivity index (χ3v) is 4.70. The third-order valence-electron chi connectivity index (χ3n) is 4.70. The number of rotatable bonds is 3. The Hall–Kier alpha value is -2.85. The Balaban J connectivity index is 1.48. The summed E-state index contributed by atoms with van der Waals surface area (Å²) >= 11 is 0. The Morgan fingerprint density at radius 2 is 1.79 bits per heavy atom. The van der Waals surface area contributed by atoms with Crippen LogP contribution in [-0.2, 0) is 4.79 Å². The van der Waals surface area contributed by atoms with Crippen molar-refractivity contribution in [1.29, 1.82) is 0 Å². The molecule has 0 radical (unpaired) electrons. The molecule has 152 valence electrons. The lowest BCUT2D eigenvalue weighted by molar-refractivity contribution is -0.157. The first-order valence-corrected chi connectivity index (χ1v) is 8.86. The molecule has 1 unspecified atom stereocenters.